The van der Waals surface area contributed by atoms with Crippen LogP contribution in [0.2, 0.25) is 0 Å². The first-order valence-electron chi connectivity index (χ1n) is 7.17. The molecule has 0 unspecified atom stereocenters. The van der Waals surface area contributed by atoms with Gasteiger partial charge in [0.05, 0.1) is 11.8 Å². The summed E-state index contributed by atoms with van der Waals surface area (Å²) >= 11 is 0. The minimum absolute atomic E-state index is 0.0280. The normalized spacial score (nSPS) is 19.1. The number of hydrogen-bond acceptors (Lipinski definition) is 3. The summed E-state index contributed by atoms with van der Waals surface area (Å²) < 4.78 is 1.73. The smallest absolute Gasteiger partial charge is 0.303 e. The van der Waals surface area contributed by atoms with E-state index >= 15 is 0 Å². The fourth-order valence-corrected chi connectivity index (χ4v) is 2.67. The topological polar surface area (TPSA) is 75.4 Å². The van der Waals surface area contributed by atoms with E-state index < -0.39 is 5.97 Å². The van der Waals surface area contributed by atoms with Crippen molar-refractivity contribution in [2.24, 2.45) is 0 Å². The second kappa shape index (κ2) is 6.54. The van der Waals surface area contributed by atoms with Crippen LogP contribution in [-0.4, -0.2) is 44.3 Å². The predicted octanol–water partition coefficient (Wildman–Crippen LogP) is 1.76. The molecule has 1 aliphatic rings. The third kappa shape index (κ3) is 3.37. The van der Waals surface area contributed by atoms with Crippen LogP contribution in [0.5, 0.6) is 0 Å². The third-order valence-electron chi connectivity index (χ3n) is 3.78. The molecule has 6 nitrogen and oxygen atoms in total. The highest BCUT2D eigenvalue weighted by Crippen LogP contribution is 2.23. The van der Waals surface area contributed by atoms with Crippen LogP contribution in [-0.2, 0) is 11.3 Å². The van der Waals surface area contributed by atoms with E-state index in [1.165, 1.54) is 0 Å². The number of aromatic nitrogens is 2. The van der Waals surface area contributed by atoms with Crippen LogP contribution in [0.15, 0.2) is 12.4 Å². The molecule has 1 aromatic rings. The van der Waals surface area contributed by atoms with Crippen molar-refractivity contribution in [1.82, 2.24) is 14.7 Å². The molecule has 0 spiro atoms. The summed E-state index contributed by atoms with van der Waals surface area (Å²) in [5.41, 5.74) is 0.592. The van der Waals surface area contributed by atoms with E-state index in [1.807, 2.05) is 11.8 Å². The van der Waals surface area contributed by atoms with Gasteiger partial charge in [-0.2, -0.15) is 5.10 Å². The highest BCUT2D eigenvalue weighted by Gasteiger charge is 2.28. The Morgan fingerprint density at radius 2 is 2.25 bits per heavy atom. The summed E-state index contributed by atoms with van der Waals surface area (Å²) in [6.45, 7) is 3.41. The van der Waals surface area contributed by atoms with Crippen molar-refractivity contribution in [1.29, 1.82) is 0 Å². The standard InChI is InChI=1S/C14H21N3O3/c1-2-16-10-11(9-15-16)14(20)17-8-4-3-5-12(17)6-7-13(18)19/h9-10,12H,2-8H2,1H3,(H,18,19)/t12-/m1/s1. The summed E-state index contributed by atoms with van der Waals surface area (Å²) in [4.78, 5) is 25.0. The van der Waals surface area contributed by atoms with Gasteiger partial charge in [0.15, 0.2) is 0 Å². The number of amides is 1. The summed E-state index contributed by atoms with van der Waals surface area (Å²) in [5.74, 6) is -0.832. The average Bonchev–Trinajstić information content (AvgIpc) is 2.93. The molecule has 1 atom stereocenters. The van der Waals surface area contributed by atoms with Crippen molar-refractivity contribution in [3.05, 3.63) is 18.0 Å². The Morgan fingerprint density at radius 1 is 1.45 bits per heavy atom. The highest BCUT2D eigenvalue weighted by molar-refractivity contribution is 5.94. The van der Waals surface area contributed by atoms with Gasteiger partial charge in [-0.15, -0.1) is 0 Å². The van der Waals surface area contributed by atoms with Crippen molar-refractivity contribution in [3.8, 4) is 0 Å². The lowest BCUT2D eigenvalue weighted by atomic mass is 9.97. The molecule has 2 rings (SSSR count). The van der Waals surface area contributed by atoms with Crippen LogP contribution in [0.1, 0.15) is 49.4 Å². The van der Waals surface area contributed by atoms with Crippen LogP contribution in [0, 0.1) is 0 Å². The lowest BCUT2D eigenvalue weighted by molar-refractivity contribution is -0.137. The maximum Gasteiger partial charge on any atom is 0.303 e. The molecule has 0 aromatic carbocycles. The van der Waals surface area contributed by atoms with Gasteiger partial charge in [0.25, 0.3) is 5.91 Å². The van der Waals surface area contributed by atoms with Gasteiger partial charge in [0.1, 0.15) is 0 Å². The van der Waals surface area contributed by atoms with Crippen molar-refractivity contribution in [2.75, 3.05) is 6.54 Å². The van der Waals surface area contributed by atoms with E-state index in [0.717, 1.165) is 25.8 Å². The van der Waals surface area contributed by atoms with Gasteiger partial charge in [0.2, 0.25) is 0 Å². The molecule has 1 saturated heterocycles. The third-order valence-corrected chi connectivity index (χ3v) is 3.78. The largest absolute Gasteiger partial charge is 0.481 e. The lowest BCUT2D eigenvalue weighted by Gasteiger charge is -2.35. The van der Waals surface area contributed by atoms with Crippen molar-refractivity contribution in [3.63, 3.8) is 0 Å². The summed E-state index contributed by atoms with van der Waals surface area (Å²) in [7, 11) is 0. The predicted molar refractivity (Wildman–Crippen MR) is 73.4 cm³/mol. The van der Waals surface area contributed by atoms with Gasteiger partial charge in [-0.25, -0.2) is 0 Å². The average molecular weight is 279 g/mol. The van der Waals surface area contributed by atoms with E-state index in [2.05, 4.69) is 5.10 Å². The number of likely N-dealkylation sites (tertiary alicyclic amines) is 1. The summed E-state index contributed by atoms with van der Waals surface area (Å²) in [6.07, 6.45) is 6.92. The zero-order valence-electron chi connectivity index (χ0n) is 11.8. The quantitative estimate of drug-likeness (QED) is 0.891. The van der Waals surface area contributed by atoms with Crippen LogP contribution in [0.4, 0.5) is 0 Å². The van der Waals surface area contributed by atoms with Gasteiger partial charge < -0.3 is 10.0 Å². The van der Waals surface area contributed by atoms with Crippen LogP contribution in [0.3, 0.4) is 0 Å². The van der Waals surface area contributed by atoms with Gasteiger partial charge in [-0.1, -0.05) is 0 Å². The van der Waals surface area contributed by atoms with Crippen LogP contribution >= 0.6 is 0 Å². The Balaban J connectivity index is 2.06. The first-order chi connectivity index (χ1) is 9.61. The molecule has 0 aliphatic carbocycles. The molecule has 2 heterocycles. The Kier molecular flexibility index (Phi) is 4.76. The highest BCUT2D eigenvalue weighted by atomic mass is 16.4. The first-order valence-corrected chi connectivity index (χ1v) is 7.17. The van der Waals surface area contributed by atoms with Gasteiger partial charge >= 0.3 is 5.97 Å². The van der Waals surface area contributed by atoms with E-state index in [1.54, 1.807) is 17.1 Å². The molecule has 0 radical (unpaired) electrons. The number of nitrogens with zero attached hydrogens (tertiary/aromatic N) is 3. The maximum absolute atomic E-state index is 12.5. The Hall–Kier alpha value is -1.85. The number of hydrogen-bond donors (Lipinski definition) is 1. The number of carbonyl (C=O) groups excluding carboxylic acids is 1. The van der Waals surface area contributed by atoms with Gasteiger partial charge in [-0.05, 0) is 32.6 Å². The monoisotopic (exact) mass is 279 g/mol. The Bertz CT molecular complexity index is 484. The fourth-order valence-electron chi connectivity index (χ4n) is 2.67. The van der Waals surface area contributed by atoms with E-state index in [-0.39, 0.29) is 18.4 Å². The fraction of sp³-hybridized carbons (Fsp3) is 0.643. The molecule has 0 saturated carbocycles. The lowest BCUT2D eigenvalue weighted by Crippen LogP contribution is -2.43. The number of piperidine rings is 1. The molecule has 1 aromatic heterocycles. The van der Waals surface area contributed by atoms with E-state index in [0.29, 0.717) is 18.5 Å². The molecular weight excluding hydrogens is 258 g/mol. The van der Waals surface area contributed by atoms with Crippen molar-refractivity contribution < 1.29 is 14.7 Å². The second-order valence-corrected chi connectivity index (χ2v) is 5.17. The molecule has 20 heavy (non-hydrogen) atoms. The Labute approximate surface area is 118 Å². The molecule has 1 amide bonds. The number of aliphatic carboxylic acids is 1. The number of rotatable bonds is 5. The molecule has 1 aliphatic heterocycles. The minimum Gasteiger partial charge on any atom is -0.481 e. The SMILES string of the molecule is CCn1cc(C(=O)N2CCCC[C@@H]2CCC(=O)O)cn1. The number of aryl methyl sites for hydroxylation is 1. The second-order valence-electron chi connectivity index (χ2n) is 5.17. The Morgan fingerprint density at radius 3 is 2.90 bits per heavy atom. The van der Waals surface area contributed by atoms with E-state index in [4.69, 9.17) is 5.11 Å². The van der Waals surface area contributed by atoms with E-state index in [9.17, 15) is 9.59 Å². The van der Waals surface area contributed by atoms with Crippen molar-refractivity contribution in [2.45, 2.75) is 51.6 Å². The first kappa shape index (κ1) is 14.6. The molecular formula is C14H21N3O3. The molecule has 6 heteroatoms. The van der Waals surface area contributed by atoms with Crippen LogP contribution < -0.4 is 0 Å². The number of carboxylic acids is 1. The van der Waals surface area contributed by atoms with Crippen LogP contribution in [0.25, 0.3) is 0 Å². The molecule has 0 bridgehead atoms. The summed E-state index contributed by atoms with van der Waals surface area (Å²) in [6, 6.07) is 0.0392. The summed E-state index contributed by atoms with van der Waals surface area (Å²) in [5, 5.41) is 12.9. The van der Waals surface area contributed by atoms with Gasteiger partial charge in [-0.3, -0.25) is 14.3 Å². The number of carbonyl (C=O) groups is 2. The molecule has 1 fully saturated rings. The van der Waals surface area contributed by atoms with Gasteiger partial charge in [0, 0.05) is 31.7 Å². The zero-order valence-corrected chi connectivity index (χ0v) is 11.8. The minimum atomic E-state index is -0.804. The molecule has 1 N–H and O–H groups in total. The zero-order chi connectivity index (χ0) is 14.5. The maximum atomic E-state index is 12.5. The molecule has 110 valence electrons. The van der Waals surface area contributed by atoms with Crippen molar-refractivity contribution >= 4 is 11.9 Å². The number of carboxylic acid groups (broad SMARTS) is 1.